The first-order chi connectivity index (χ1) is 16.8. The molecule has 0 fully saturated rings. The molecule has 0 atom stereocenters. The molecule has 1 rings (SSSR count). The topological polar surface area (TPSA) is 34.1 Å². The Morgan fingerprint density at radius 3 is 0.971 bits per heavy atom. The summed E-state index contributed by atoms with van der Waals surface area (Å²) in [7, 11) is 0. The van der Waals surface area contributed by atoms with Crippen molar-refractivity contribution < 1.29 is 9.59 Å². The molecule has 0 spiro atoms. The molecule has 0 amide bonds. The SMILES string of the molecule is CCCCCCCCCCCCc1c(C=O)ccc(C=O)c1CCCCCCCCCCCC. The molecule has 0 saturated heterocycles. The van der Waals surface area contributed by atoms with E-state index in [1.54, 1.807) is 0 Å². The molecule has 0 aliphatic rings. The summed E-state index contributed by atoms with van der Waals surface area (Å²) in [6, 6.07) is 3.70. The van der Waals surface area contributed by atoms with Gasteiger partial charge in [-0.15, -0.1) is 0 Å². The summed E-state index contributed by atoms with van der Waals surface area (Å²) in [6.07, 6.45) is 30.1. The highest BCUT2D eigenvalue weighted by Crippen LogP contribution is 2.24. The third kappa shape index (κ3) is 14.1. The van der Waals surface area contributed by atoms with Crippen molar-refractivity contribution in [3.8, 4) is 0 Å². The van der Waals surface area contributed by atoms with Crippen LogP contribution < -0.4 is 0 Å². The fourth-order valence-corrected chi connectivity index (χ4v) is 5.12. The van der Waals surface area contributed by atoms with Crippen molar-refractivity contribution in [1.82, 2.24) is 0 Å². The maximum absolute atomic E-state index is 11.7. The zero-order valence-electron chi connectivity index (χ0n) is 22.7. The van der Waals surface area contributed by atoms with Gasteiger partial charge in [-0.3, -0.25) is 9.59 Å². The quantitative estimate of drug-likeness (QED) is 0.111. The van der Waals surface area contributed by atoms with E-state index in [9.17, 15) is 9.59 Å². The summed E-state index contributed by atoms with van der Waals surface area (Å²) in [5.41, 5.74) is 3.89. The molecule has 0 bridgehead atoms. The zero-order chi connectivity index (χ0) is 24.7. The van der Waals surface area contributed by atoms with Gasteiger partial charge in [-0.25, -0.2) is 0 Å². The van der Waals surface area contributed by atoms with Crippen LogP contribution in [0, 0.1) is 0 Å². The normalized spacial score (nSPS) is 11.1. The summed E-state index contributed by atoms with van der Waals surface area (Å²) in [4.78, 5) is 23.4. The molecule has 2 nitrogen and oxygen atoms in total. The van der Waals surface area contributed by atoms with Gasteiger partial charge in [0.2, 0.25) is 0 Å². The molecule has 0 aromatic heterocycles. The van der Waals surface area contributed by atoms with Crippen LogP contribution in [0.5, 0.6) is 0 Å². The maximum atomic E-state index is 11.7. The third-order valence-electron chi connectivity index (χ3n) is 7.32. The number of aldehydes is 2. The molecule has 0 heterocycles. The fraction of sp³-hybridized carbons (Fsp3) is 0.750. The van der Waals surface area contributed by atoms with Crippen LogP contribution in [0.15, 0.2) is 12.1 Å². The first-order valence-corrected chi connectivity index (χ1v) is 14.8. The Morgan fingerprint density at radius 2 is 0.706 bits per heavy atom. The van der Waals surface area contributed by atoms with Crippen molar-refractivity contribution in [2.24, 2.45) is 0 Å². The van der Waals surface area contributed by atoms with Crippen molar-refractivity contribution in [2.75, 3.05) is 0 Å². The number of benzene rings is 1. The van der Waals surface area contributed by atoms with E-state index in [-0.39, 0.29) is 0 Å². The Kier molecular flexibility index (Phi) is 19.8. The average molecular weight is 471 g/mol. The molecular formula is C32H54O2. The highest BCUT2D eigenvalue weighted by atomic mass is 16.1. The number of carbonyl (C=O) groups excluding carboxylic acids is 2. The van der Waals surface area contributed by atoms with Gasteiger partial charge in [0, 0.05) is 11.1 Å². The van der Waals surface area contributed by atoms with Gasteiger partial charge in [0.05, 0.1) is 0 Å². The second kappa shape index (κ2) is 22.1. The molecule has 0 radical (unpaired) electrons. The predicted octanol–water partition coefficient (Wildman–Crippen LogP) is 10.2. The lowest BCUT2D eigenvalue weighted by Crippen LogP contribution is -2.05. The van der Waals surface area contributed by atoms with Crippen LogP contribution in [-0.4, -0.2) is 12.6 Å². The van der Waals surface area contributed by atoms with Gasteiger partial charge < -0.3 is 0 Å². The van der Waals surface area contributed by atoms with Crippen LogP contribution in [-0.2, 0) is 12.8 Å². The van der Waals surface area contributed by atoms with Gasteiger partial charge in [-0.2, -0.15) is 0 Å². The van der Waals surface area contributed by atoms with E-state index in [2.05, 4.69) is 13.8 Å². The Morgan fingerprint density at radius 1 is 0.441 bits per heavy atom. The monoisotopic (exact) mass is 470 g/mol. The fourth-order valence-electron chi connectivity index (χ4n) is 5.12. The molecular weight excluding hydrogens is 416 g/mol. The van der Waals surface area contributed by atoms with E-state index in [0.29, 0.717) is 0 Å². The largest absolute Gasteiger partial charge is 0.298 e. The molecule has 0 unspecified atom stereocenters. The maximum Gasteiger partial charge on any atom is 0.150 e. The van der Waals surface area contributed by atoms with Gasteiger partial charge >= 0.3 is 0 Å². The minimum atomic E-state index is 0.795. The molecule has 194 valence electrons. The van der Waals surface area contributed by atoms with Crippen molar-refractivity contribution in [2.45, 2.75) is 155 Å². The molecule has 0 aliphatic carbocycles. The van der Waals surface area contributed by atoms with Crippen molar-refractivity contribution in [3.05, 3.63) is 34.4 Å². The van der Waals surface area contributed by atoms with Crippen LogP contribution in [0.1, 0.15) is 174 Å². The number of unbranched alkanes of at least 4 members (excludes halogenated alkanes) is 18. The lowest BCUT2D eigenvalue weighted by atomic mass is 9.89. The molecule has 2 heteroatoms. The van der Waals surface area contributed by atoms with Gasteiger partial charge in [0.25, 0.3) is 0 Å². The summed E-state index contributed by atoms with van der Waals surface area (Å²) in [6.45, 7) is 4.53. The summed E-state index contributed by atoms with van der Waals surface area (Å²) >= 11 is 0. The zero-order valence-corrected chi connectivity index (χ0v) is 22.7. The molecule has 1 aromatic carbocycles. The summed E-state index contributed by atoms with van der Waals surface area (Å²) < 4.78 is 0. The molecule has 0 N–H and O–H groups in total. The number of carbonyl (C=O) groups is 2. The molecule has 1 aromatic rings. The molecule has 0 saturated carbocycles. The number of hydrogen-bond donors (Lipinski definition) is 0. The summed E-state index contributed by atoms with van der Waals surface area (Å²) in [5.74, 6) is 0. The van der Waals surface area contributed by atoms with Crippen LogP contribution in [0.3, 0.4) is 0 Å². The van der Waals surface area contributed by atoms with Crippen LogP contribution in [0.4, 0.5) is 0 Å². The first kappa shape index (κ1) is 30.6. The van der Waals surface area contributed by atoms with Gasteiger partial charge in [0.1, 0.15) is 12.6 Å². The average Bonchev–Trinajstić information content (AvgIpc) is 2.86. The first-order valence-electron chi connectivity index (χ1n) is 14.8. The summed E-state index contributed by atoms with van der Waals surface area (Å²) in [5, 5.41) is 0. The highest BCUT2D eigenvalue weighted by Gasteiger charge is 2.13. The van der Waals surface area contributed by atoms with Crippen LogP contribution in [0.2, 0.25) is 0 Å². The third-order valence-corrected chi connectivity index (χ3v) is 7.32. The standard InChI is InChI=1S/C32H54O2/c1-3-5-7-9-11-13-15-17-19-21-23-31-29(27-33)25-26-30(28-34)32(31)24-22-20-18-16-14-12-10-8-6-4-2/h25-28H,3-24H2,1-2H3. The van der Waals surface area contributed by atoms with E-state index in [0.717, 1.165) is 60.5 Å². The van der Waals surface area contributed by atoms with Crippen molar-refractivity contribution in [3.63, 3.8) is 0 Å². The van der Waals surface area contributed by atoms with Gasteiger partial charge in [0.15, 0.2) is 0 Å². The minimum Gasteiger partial charge on any atom is -0.298 e. The van der Waals surface area contributed by atoms with Crippen LogP contribution >= 0.6 is 0 Å². The highest BCUT2D eigenvalue weighted by molar-refractivity contribution is 5.84. The van der Waals surface area contributed by atoms with E-state index >= 15 is 0 Å². The van der Waals surface area contributed by atoms with E-state index in [1.165, 1.54) is 116 Å². The Hall–Kier alpha value is -1.44. The van der Waals surface area contributed by atoms with Crippen LogP contribution in [0.25, 0.3) is 0 Å². The van der Waals surface area contributed by atoms with Crippen molar-refractivity contribution >= 4 is 12.6 Å². The molecule has 0 aliphatic heterocycles. The Balaban J connectivity index is 2.39. The lowest BCUT2D eigenvalue weighted by Gasteiger charge is -2.15. The van der Waals surface area contributed by atoms with E-state index in [1.807, 2.05) is 12.1 Å². The minimum absolute atomic E-state index is 0.795. The van der Waals surface area contributed by atoms with Gasteiger partial charge in [-0.1, -0.05) is 142 Å². The lowest BCUT2D eigenvalue weighted by molar-refractivity contribution is 0.111. The number of hydrogen-bond acceptors (Lipinski definition) is 2. The number of rotatable bonds is 24. The Labute approximate surface area is 211 Å². The van der Waals surface area contributed by atoms with E-state index < -0.39 is 0 Å². The second-order valence-corrected chi connectivity index (χ2v) is 10.3. The predicted molar refractivity (Wildman–Crippen MR) is 148 cm³/mol. The smallest absolute Gasteiger partial charge is 0.150 e. The van der Waals surface area contributed by atoms with E-state index in [4.69, 9.17) is 0 Å². The Bertz CT molecular complexity index is 579. The molecule has 34 heavy (non-hydrogen) atoms. The van der Waals surface area contributed by atoms with Gasteiger partial charge in [-0.05, 0) is 36.8 Å². The van der Waals surface area contributed by atoms with Crippen molar-refractivity contribution in [1.29, 1.82) is 0 Å². The second-order valence-electron chi connectivity index (χ2n) is 10.3.